The number of nitrogens with zero attached hydrogens (tertiary/aromatic N) is 3. The van der Waals surface area contributed by atoms with Crippen LogP contribution in [0.3, 0.4) is 0 Å². The molecule has 1 aliphatic rings. The molecule has 0 radical (unpaired) electrons. The molecule has 1 fully saturated rings. The fraction of sp³-hybridized carbons (Fsp3) is 0.333. The van der Waals surface area contributed by atoms with Gasteiger partial charge in [0, 0.05) is 24.7 Å². The van der Waals surface area contributed by atoms with E-state index in [2.05, 4.69) is 51.3 Å². The number of aromatic nitrogens is 3. The molecule has 0 amide bonds. The number of nitrogens with one attached hydrogen (secondary N) is 1. The van der Waals surface area contributed by atoms with Gasteiger partial charge in [0.05, 0.1) is 36.7 Å². The zero-order chi connectivity index (χ0) is 15.6. The predicted molar refractivity (Wildman–Crippen MR) is 89.0 cm³/mol. The van der Waals surface area contributed by atoms with E-state index in [1.165, 1.54) is 16.5 Å². The molecule has 1 unspecified atom stereocenters. The van der Waals surface area contributed by atoms with Crippen LogP contribution in [-0.4, -0.2) is 39.8 Å². The van der Waals surface area contributed by atoms with Crippen molar-refractivity contribution in [3.8, 4) is 0 Å². The zero-order valence-corrected chi connectivity index (χ0v) is 13.2. The first-order valence-electron chi connectivity index (χ1n) is 7.97. The van der Waals surface area contributed by atoms with Crippen molar-refractivity contribution in [2.45, 2.75) is 19.5 Å². The summed E-state index contributed by atoms with van der Waals surface area (Å²) in [6.07, 6.45) is 3.78. The fourth-order valence-corrected chi connectivity index (χ4v) is 3.30. The van der Waals surface area contributed by atoms with Gasteiger partial charge in [-0.1, -0.05) is 18.2 Å². The Bertz CT molecular complexity index is 808. The highest BCUT2D eigenvalue weighted by Gasteiger charge is 2.27. The monoisotopic (exact) mass is 308 g/mol. The second-order valence-electron chi connectivity index (χ2n) is 6.02. The van der Waals surface area contributed by atoms with Gasteiger partial charge in [0.2, 0.25) is 0 Å². The highest BCUT2D eigenvalue weighted by atomic mass is 16.5. The summed E-state index contributed by atoms with van der Waals surface area (Å²) in [5.74, 6) is 0. The van der Waals surface area contributed by atoms with Crippen LogP contribution in [0, 0.1) is 6.92 Å². The van der Waals surface area contributed by atoms with Crippen molar-refractivity contribution < 1.29 is 4.74 Å². The Morgan fingerprint density at radius 2 is 2.22 bits per heavy atom. The third-order valence-electron chi connectivity index (χ3n) is 4.55. The molecule has 118 valence electrons. The minimum Gasteiger partial charge on any atom is -0.378 e. The molecule has 5 nitrogen and oxygen atoms in total. The number of pyridine rings is 1. The van der Waals surface area contributed by atoms with Gasteiger partial charge in [-0.15, -0.1) is 0 Å². The molecule has 0 aliphatic carbocycles. The van der Waals surface area contributed by atoms with Crippen LogP contribution < -0.4 is 0 Å². The molecule has 2 aromatic heterocycles. The number of morpholine rings is 1. The van der Waals surface area contributed by atoms with Crippen molar-refractivity contribution in [3.63, 3.8) is 0 Å². The summed E-state index contributed by atoms with van der Waals surface area (Å²) in [7, 11) is 0. The smallest absolute Gasteiger partial charge is 0.0758 e. The van der Waals surface area contributed by atoms with E-state index in [1.54, 1.807) is 0 Å². The topological polar surface area (TPSA) is 54.0 Å². The van der Waals surface area contributed by atoms with Gasteiger partial charge in [0.15, 0.2) is 0 Å². The molecular weight excluding hydrogens is 288 g/mol. The van der Waals surface area contributed by atoms with Gasteiger partial charge < -0.3 is 4.74 Å². The largest absolute Gasteiger partial charge is 0.378 e. The summed E-state index contributed by atoms with van der Waals surface area (Å²) in [5, 5.41) is 8.54. The second-order valence-corrected chi connectivity index (χ2v) is 6.02. The SMILES string of the molecule is Cc1cn[nH]c1C1COCCN1Cc1ccnc2ccccc12. The maximum absolute atomic E-state index is 5.71. The molecule has 1 atom stereocenters. The van der Waals surface area contributed by atoms with Crippen molar-refractivity contribution in [2.75, 3.05) is 19.8 Å². The molecule has 3 heterocycles. The predicted octanol–water partition coefficient (Wildman–Crippen LogP) is 2.84. The van der Waals surface area contributed by atoms with Crippen LogP contribution in [0.1, 0.15) is 22.9 Å². The highest BCUT2D eigenvalue weighted by molar-refractivity contribution is 5.81. The molecule has 1 aromatic carbocycles. The third kappa shape index (κ3) is 2.73. The lowest BCUT2D eigenvalue weighted by Gasteiger charge is -2.35. The van der Waals surface area contributed by atoms with Crippen LogP contribution >= 0.6 is 0 Å². The van der Waals surface area contributed by atoms with E-state index >= 15 is 0 Å². The van der Waals surface area contributed by atoms with Crippen molar-refractivity contribution in [1.82, 2.24) is 20.1 Å². The van der Waals surface area contributed by atoms with E-state index in [4.69, 9.17) is 4.74 Å². The number of ether oxygens (including phenoxy) is 1. The molecular formula is C18H20N4O. The van der Waals surface area contributed by atoms with Crippen LogP contribution in [0.5, 0.6) is 0 Å². The average Bonchev–Trinajstić information content (AvgIpc) is 3.02. The van der Waals surface area contributed by atoms with E-state index < -0.39 is 0 Å². The summed E-state index contributed by atoms with van der Waals surface area (Å²) in [6.45, 7) is 5.36. The molecule has 3 aromatic rings. The zero-order valence-electron chi connectivity index (χ0n) is 13.2. The van der Waals surface area contributed by atoms with Crippen LogP contribution in [-0.2, 0) is 11.3 Å². The second kappa shape index (κ2) is 6.10. The van der Waals surface area contributed by atoms with Gasteiger partial charge in [0.1, 0.15) is 0 Å². The maximum Gasteiger partial charge on any atom is 0.0758 e. The first kappa shape index (κ1) is 14.4. The van der Waals surface area contributed by atoms with E-state index in [-0.39, 0.29) is 6.04 Å². The number of rotatable bonds is 3. The normalized spacial score (nSPS) is 19.3. The summed E-state index contributed by atoms with van der Waals surface area (Å²) in [4.78, 5) is 6.92. The molecule has 0 saturated carbocycles. The molecule has 4 rings (SSSR count). The van der Waals surface area contributed by atoms with E-state index in [1.807, 2.05) is 18.5 Å². The van der Waals surface area contributed by atoms with Gasteiger partial charge in [-0.05, 0) is 30.2 Å². The first-order valence-corrected chi connectivity index (χ1v) is 7.97. The molecule has 1 aliphatic heterocycles. The quantitative estimate of drug-likeness (QED) is 0.808. The summed E-state index contributed by atoms with van der Waals surface area (Å²) in [5.41, 5.74) is 4.69. The number of hydrogen-bond donors (Lipinski definition) is 1. The molecule has 0 spiro atoms. The fourth-order valence-electron chi connectivity index (χ4n) is 3.30. The summed E-state index contributed by atoms with van der Waals surface area (Å²) < 4.78 is 5.71. The standard InChI is InChI=1S/C18H20N4O/c1-13-10-20-21-18(13)17-12-23-9-8-22(17)11-14-6-7-19-16-5-3-2-4-15(14)16/h2-7,10,17H,8-9,11-12H2,1H3,(H,20,21). The molecule has 1 N–H and O–H groups in total. The van der Waals surface area contributed by atoms with E-state index in [9.17, 15) is 0 Å². The van der Waals surface area contributed by atoms with Gasteiger partial charge in [0.25, 0.3) is 0 Å². The summed E-state index contributed by atoms with van der Waals surface area (Å²) >= 11 is 0. The van der Waals surface area contributed by atoms with Crippen LogP contribution in [0.4, 0.5) is 0 Å². The molecule has 23 heavy (non-hydrogen) atoms. The lowest BCUT2D eigenvalue weighted by atomic mass is 10.0. The van der Waals surface area contributed by atoms with Crippen LogP contribution in [0.25, 0.3) is 10.9 Å². The van der Waals surface area contributed by atoms with Crippen molar-refractivity contribution >= 4 is 10.9 Å². The van der Waals surface area contributed by atoms with Gasteiger partial charge >= 0.3 is 0 Å². The minimum atomic E-state index is 0.221. The minimum absolute atomic E-state index is 0.221. The number of benzene rings is 1. The number of aromatic amines is 1. The van der Waals surface area contributed by atoms with E-state index in [0.717, 1.165) is 30.9 Å². The lowest BCUT2D eigenvalue weighted by molar-refractivity contribution is -0.0143. The molecule has 1 saturated heterocycles. The number of para-hydroxylation sites is 1. The Labute approximate surface area is 135 Å². The lowest BCUT2D eigenvalue weighted by Crippen LogP contribution is -2.39. The van der Waals surface area contributed by atoms with Crippen molar-refractivity contribution in [3.05, 3.63) is 59.5 Å². The Morgan fingerprint density at radius 1 is 1.30 bits per heavy atom. The Balaban J connectivity index is 1.67. The summed E-state index contributed by atoms with van der Waals surface area (Å²) in [6, 6.07) is 10.7. The number of H-pyrrole nitrogens is 1. The van der Waals surface area contributed by atoms with Crippen LogP contribution in [0.2, 0.25) is 0 Å². The number of aryl methyl sites for hydroxylation is 1. The van der Waals surface area contributed by atoms with Gasteiger partial charge in [-0.2, -0.15) is 5.10 Å². The maximum atomic E-state index is 5.71. The van der Waals surface area contributed by atoms with Gasteiger partial charge in [-0.25, -0.2) is 0 Å². The first-order chi connectivity index (χ1) is 11.3. The molecule has 5 heteroatoms. The highest BCUT2D eigenvalue weighted by Crippen LogP contribution is 2.28. The van der Waals surface area contributed by atoms with Crippen LogP contribution in [0.15, 0.2) is 42.7 Å². The third-order valence-corrected chi connectivity index (χ3v) is 4.55. The van der Waals surface area contributed by atoms with Crippen molar-refractivity contribution in [2.24, 2.45) is 0 Å². The van der Waals surface area contributed by atoms with Gasteiger partial charge in [-0.3, -0.25) is 15.0 Å². The average molecular weight is 308 g/mol. The molecule has 0 bridgehead atoms. The Hall–Kier alpha value is -2.24. The van der Waals surface area contributed by atoms with E-state index in [0.29, 0.717) is 6.61 Å². The van der Waals surface area contributed by atoms with Crippen molar-refractivity contribution in [1.29, 1.82) is 0 Å². The Kier molecular flexibility index (Phi) is 3.81. The number of fused-ring (bicyclic) bond motifs is 1. The Morgan fingerprint density at radius 3 is 3.09 bits per heavy atom. The number of hydrogen-bond acceptors (Lipinski definition) is 4.